The minimum atomic E-state index is -3.52. The third-order valence-corrected chi connectivity index (χ3v) is 8.08. The lowest BCUT2D eigenvalue weighted by Crippen LogP contribution is -2.40. The largest absolute Gasteiger partial charge is 0.299 e. The summed E-state index contributed by atoms with van der Waals surface area (Å²) in [5.41, 5.74) is 5.01. The summed E-state index contributed by atoms with van der Waals surface area (Å²) >= 11 is 0. The Kier molecular flexibility index (Phi) is 6.94. The molecule has 0 saturated carbocycles. The second kappa shape index (κ2) is 9.27. The van der Waals surface area contributed by atoms with E-state index in [9.17, 15) is 13.2 Å². The topological polar surface area (TPSA) is 54.5 Å². The Bertz CT molecular complexity index is 1030. The predicted octanol–water partition coefficient (Wildman–Crippen LogP) is 4.94. The fourth-order valence-corrected chi connectivity index (χ4v) is 5.73. The van der Waals surface area contributed by atoms with E-state index in [1.807, 2.05) is 50.2 Å². The van der Waals surface area contributed by atoms with E-state index in [0.717, 1.165) is 34.2 Å². The third-order valence-electron chi connectivity index (χ3n) is 6.02. The number of Topliss-reactive ketones (excluding diaryl/α,β-unsaturated/α-hetero) is 1. The van der Waals surface area contributed by atoms with Gasteiger partial charge in [-0.05, 0) is 61.4 Å². The number of carbonyl (C=O) groups excluding carboxylic acids is 1. The zero-order valence-electron chi connectivity index (χ0n) is 18.1. The van der Waals surface area contributed by atoms with Crippen LogP contribution >= 0.6 is 0 Å². The van der Waals surface area contributed by atoms with E-state index in [1.165, 1.54) is 4.31 Å². The molecule has 1 heterocycles. The van der Waals surface area contributed by atoms with Crippen LogP contribution in [0.15, 0.2) is 53.9 Å². The molecule has 0 N–H and O–H groups in total. The molecule has 30 heavy (non-hydrogen) atoms. The quantitative estimate of drug-likeness (QED) is 0.631. The van der Waals surface area contributed by atoms with Crippen LogP contribution in [0.5, 0.6) is 0 Å². The summed E-state index contributed by atoms with van der Waals surface area (Å²) in [7, 11) is -3.52. The number of hydrogen-bond donors (Lipinski definition) is 0. The fourth-order valence-electron chi connectivity index (χ4n) is 4.05. The summed E-state index contributed by atoms with van der Waals surface area (Å²) < 4.78 is 27.6. The van der Waals surface area contributed by atoms with Crippen molar-refractivity contribution in [2.75, 3.05) is 13.1 Å². The number of benzene rings is 2. The van der Waals surface area contributed by atoms with Crippen LogP contribution in [0.25, 0.3) is 5.57 Å². The number of piperidine rings is 1. The van der Waals surface area contributed by atoms with Crippen molar-refractivity contribution in [2.45, 2.75) is 51.3 Å². The van der Waals surface area contributed by atoms with Gasteiger partial charge in [-0.3, -0.25) is 4.79 Å². The molecule has 0 amide bonds. The summed E-state index contributed by atoms with van der Waals surface area (Å²) in [4.78, 5) is 13.1. The lowest BCUT2D eigenvalue weighted by atomic mass is 9.89. The summed E-state index contributed by atoms with van der Waals surface area (Å²) in [6.07, 6.45) is 2.45. The number of rotatable bonds is 7. The summed E-state index contributed by atoms with van der Waals surface area (Å²) in [5, 5.41) is 0. The van der Waals surface area contributed by atoms with Gasteiger partial charge in [-0.2, -0.15) is 4.31 Å². The molecule has 160 valence electrons. The first kappa shape index (κ1) is 22.4. The average molecular weight is 426 g/mol. The van der Waals surface area contributed by atoms with Crippen molar-refractivity contribution < 1.29 is 13.2 Å². The van der Waals surface area contributed by atoms with Gasteiger partial charge in [-0.25, -0.2) is 8.42 Å². The average Bonchev–Trinajstić information content (AvgIpc) is 2.73. The van der Waals surface area contributed by atoms with E-state index < -0.39 is 10.0 Å². The van der Waals surface area contributed by atoms with Crippen LogP contribution in [0.1, 0.15) is 48.4 Å². The summed E-state index contributed by atoms with van der Waals surface area (Å²) in [5.74, 6) is 0.112. The molecule has 2 aromatic carbocycles. The van der Waals surface area contributed by atoms with Crippen LogP contribution in [0, 0.1) is 19.8 Å². The van der Waals surface area contributed by atoms with Gasteiger partial charge in [-0.1, -0.05) is 55.5 Å². The molecule has 0 atom stereocenters. The molecular weight excluding hydrogens is 394 g/mol. The minimum Gasteiger partial charge on any atom is -0.299 e. The Labute approximate surface area is 180 Å². The number of nitrogens with zero attached hydrogens (tertiary/aromatic N) is 1. The predicted molar refractivity (Wildman–Crippen MR) is 122 cm³/mol. The smallest absolute Gasteiger partial charge is 0.243 e. The molecule has 0 aliphatic carbocycles. The number of sulfonamides is 1. The van der Waals surface area contributed by atoms with Crippen LogP contribution in [0.3, 0.4) is 0 Å². The van der Waals surface area contributed by atoms with E-state index in [1.54, 1.807) is 6.07 Å². The normalized spacial score (nSPS) is 15.8. The molecule has 5 heteroatoms. The Hall–Kier alpha value is -2.24. The molecule has 0 bridgehead atoms. The Morgan fingerprint density at radius 1 is 1.07 bits per heavy atom. The van der Waals surface area contributed by atoms with Gasteiger partial charge in [0.25, 0.3) is 0 Å². The van der Waals surface area contributed by atoms with Gasteiger partial charge < -0.3 is 0 Å². The lowest BCUT2D eigenvalue weighted by Gasteiger charge is -2.31. The number of hydrogen-bond acceptors (Lipinski definition) is 3. The first-order valence-corrected chi connectivity index (χ1v) is 12.0. The van der Waals surface area contributed by atoms with Crippen LogP contribution in [0.2, 0.25) is 0 Å². The van der Waals surface area contributed by atoms with Gasteiger partial charge in [0, 0.05) is 25.4 Å². The number of allylic oxidation sites excluding steroid dienone is 1. The molecule has 4 nitrogen and oxygen atoms in total. The second-order valence-corrected chi connectivity index (χ2v) is 10.2. The number of aryl methyl sites for hydroxylation is 2. The van der Waals surface area contributed by atoms with Gasteiger partial charge in [-0.15, -0.1) is 0 Å². The van der Waals surface area contributed by atoms with Crippen molar-refractivity contribution in [3.8, 4) is 0 Å². The van der Waals surface area contributed by atoms with Crippen molar-refractivity contribution in [1.29, 1.82) is 0 Å². The molecular formula is C25H31NO3S. The maximum absolute atomic E-state index is 13.0. The first-order chi connectivity index (χ1) is 14.2. The zero-order valence-corrected chi connectivity index (χ0v) is 19.0. The first-order valence-electron chi connectivity index (χ1n) is 10.6. The Balaban J connectivity index is 1.60. The fraction of sp³-hybridized carbons (Fsp3) is 0.400. The van der Waals surface area contributed by atoms with E-state index in [-0.39, 0.29) is 11.7 Å². The van der Waals surface area contributed by atoms with Crippen molar-refractivity contribution in [3.63, 3.8) is 0 Å². The van der Waals surface area contributed by atoms with Crippen LogP contribution < -0.4 is 0 Å². The van der Waals surface area contributed by atoms with Crippen molar-refractivity contribution >= 4 is 21.4 Å². The van der Waals surface area contributed by atoms with Gasteiger partial charge in [0.1, 0.15) is 5.78 Å². The van der Waals surface area contributed by atoms with Crippen LogP contribution in [0.4, 0.5) is 0 Å². The summed E-state index contributed by atoms with van der Waals surface area (Å²) in [6.45, 7) is 10.7. The molecule has 1 saturated heterocycles. The van der Waals surface area contributed by atoms with Gasteiger partial charge in [0.15, 0.2) is 0 Å². The molecule has 1 aliphatic heterocycles. The SMILES string of the molecule is C=C(CC)c1ccc(CC(=O)C2CCN(S(=O)(=O)c3ccc(C)cc3C)CC2)cc1. The standard InChI is InChI=1S/C25H31NO3S/c1-5-19(3)22-9-7-21(8-10-22)17-24(27)23-12-14-26(15-13-23)30(28,29)25-11-6-18(2)16-20(25)4/h6-11,16,23H,3,5,12-15,17H2,1-2,4H3. The highest BCUT2D eigenvalue weighted by atomic mass is 32.2. The van der Waals surface area contributed by atoms with E-state index in [2.05, 4.69) is 13.5 Å². The minimum absolute atomic E-state index is 0.0825. The molecule has 0 aromatic heterocycles. The maximum atomic E-state index is 13.0. The van der Waals surface area contributed by atoms with E-state index in [4.69, 9.17) is 0 Å². The Morgan fingerprint density at radius 2 is 1.70 bits per heavy atom. The molecule has 3 rings (SSSR count). The zero-order chi connectivity index (χ0) is 21.9. The number of ketones is 1. The molecule has 1 aliphatic rings. The van der Waals surface area contributed by atoms with Crippen LogP contribution in [-0.2, 0) is 21.2 Å². The number of carbonyl (C=O) groups is 1. The molecule has 2 aromatic rings. The van der Waals surface area contributed by atoms with E-state index in [0.29, 0.717) is 37.2 Å². The van der Waals surface area contributed by atoms with Crippen molar-refractivity contribution in [1.82, 2.24) is 4.31 Å². The molecule has 0 spiro atoms. The molecule has 1 fully saturated rings. The maximum Gasteiger partial charge on any atom is 0.243 e. The third kappa shape index (κ3) is 4.90. The van der Waals surface area contributed by atoms with E-state index >= 15 is 0 Å². The van der Waals surface area contributed by atoms with Gasteiger partial charge >= 0.3 is 0 Å². The monoisotopic (exact) mass is 425 g/mol. The Morgan fingerprint density at radius 3 is 2.27 bits per heavy atom. The van der Waals surface area contributed by atoms with Gasteiger partial charge in [0.05, 0.1) is 4.90 Å². The summed E-state index contributed by atoms with van der Waals surface area (Å²) in [6, 6.07) is 13.4. The second-order valence-electron chi connectivity index (χ2n) is 8.24. The molecule has 0 unspecified atom stereocenters. The molecule has 0 radical (unpaired) electrons. The van der Waals surface area contributed by atoms with Crippen molar-refractivity contribution in [3.05, 3.63) is 71.3 Å². The highest BCUT2D eigenvalue weighted by Gasteiger charge is 2.32. The highest BCUT2D eigenvalue weighted by Crippen LogP contribution is 2.27. The van der Waals surface area contributed by atoms with Crippen molar-refractivity contribution in [2.24, 2.45) is 5.92 Å². The lowest BCUT2D eigenvalue weighted by molar-refractivity contribution is -0.123. The van der Waals surface area contributed by atoms with Gasteiger partial charge in [0.2, 0.25) is 10.0 Å². The van der Waals surface area contributed by atoms with Crippen LogP contribution in [-0.4, -0.2) is 31.6 Å². The highest BCUT2D eigenvalue weighted by molar-refractivity contribution is 7.89.